The van der Waals surface area contributed by atoms with E-state index >= 15 is 0 Å². The molecule has 0 saturated carbocycles. The molecule has 1 amide bonds. The number of aliphatic imine (C=N–C) groups is 1. The molecule has 2 aliphatic rings. The number of esters is 1. The van der Waals surface area contributed by atoms with Gasteiger partial charge in [0.05, 0.1) is 6.61 Å². The van der Waals surface area contributed by atoms with Crippen molar-refractivity contribution in [3.8, 4) is 0 Å². The molecule has 0 fully saturated rings. The topological polar surface area (TPSA) is 71.0 Å². The van der Waals surface area contributed by atoms with Crippen LogP contribution in [0.15, 0.2) is 53.5 Å². The molecule has 1 N–H and O–H groups in total. The smallest absolute Gasteiger partial charge is 0.321 e. The number of guanidine groups is 1. The third-order valence-corrected chi connectivity index (χ3v) is 5.45. The Hall–Kier alpha value is -3.15. The largest absolute Gasteiger partial charge is 0.465 e. The van der Waals surface area contributed by atoms with Gasteiger partial charge in [-0.1, -0.05) is 54.1 Å². The third kappa shape index (κ3) is 3.88. The summed E-state index contributed by atoms with van der Waals surface area (Å²) in [7, 11) is 0. The standard InChI is InChI=1S/C23H25N3O3/c1-3-29-22(28)19-20(17-10-6-7-15(2)13-17)24-23(25-21(19)27)26-12-11-16-8-4-5-9-18(16)14-26/h4-10,13,19-20H,3,11-12,14H2,1-2H3,(H,24,25,27). The highest BCUT2D eigenvalue weighted by atomic mass is 16.5. The maximum Gasteiger partial charge on any atom is 0.321 e. The minimum Gasteiger partial charge on any atom is -0.465 e. The first kappa shape index (κ1) is 19.2. The molecule has 4 rings (SSSR count). The molecule has 6 heteroatoms. The highest BCUT2D eigenvalue weighted by Gasteiger charge is 2.42. The lowest BCUT2D eigenvalue weighted by atomic mass is 9.90. The van der Waals surface area contributed by atoms with Crippen LogP contribution in [0.2, 0.25) is 0 Å². The van der Waals surface area contributed by atoms with Gasteiger partial charge < -0.3 is 9.64 Å². The van der Waals surface area contributed by atoms with Crippen molar-refractivity contribution in [1.82, 2.24) is 10.2 Å². The van der Waals surface area contributed by atoms with E-state index in [4.69, 9.17) is 9.73 Å². The lowest BCUT2D eigenvalue weighted by molar-refractivity contribution is -0.153. The van der Waals surface area contributed by atoms with Crippen LogP contribution in [-0.4, -0.2) is 35.9 Å². The number of fused-ring (bicyclic) bond motifs is 1. The Morgan fingerprint density at radius 1 is 1.21 bits per heavy atom. The van der Waals surface area contributed by atoms with Crippen LogP contribution in [0.3, 0.4) is 0 Å². The zero-order valence-electron chi connectivity index (χ0n) is 16.7. The molecule has 0 spiro atoms. The van der Waals surface area contributed by atoms with Crippen LogP contribution in [0.25, 0.3) is 0 Å². The van der Waals surface area contributed by atoms with Crippen LogP contribution in [-0.2, 0) is 27.3 Å². The molecular weight excluding hydrogens is 366 g/mol. The molecule has 0 aliphatic carbocycles. The predicted octanol–water partition coefficient (Wildman–Crippen LogP) is 2.76. The van der Waals surface area contributed by atoms with Gasteiger partial charge in [-0.3, -0.25) is 14.9 Å². The maximum absolute atomic E-state index is 13.0. The molecule has 0 aromatic heterocycles. The van der Waals surface area contributed by atoms with Gasteiger partial charge in [-0.15, -0.1) is 0 Å². The van der Waals surface area contributed by atoms with E-state index in [-0.39, 0.29) is 12.5 Å². The Balaban J connectivity index is 1.69. The Bertz CT molecular complexity index is 969. The maximum atomic E-state index is 13.0. The second-order valence-corrected chi connectivity index (χ2v) is 7.47. The highest BCUT2D eigenvalue weighted by molar-refractivity contribution is 6.08. The Morgan fingerprint density at radius 2 is 2.00 bits per heavy atom. The van der Waals surface area contributed by atoms with Gasteiger partial charge >= 0.3 is 5.97 Å². The van der Waals surface area contributed by atoms with Gasteiger partial charge in [0.15, 0.2) is 5.92 Å². The number of hydrogen-bond acceptors (Lipinski definition) is 5. The molecule has 29 heavy (non-hydrogen) atoms. The van der Waals surface area contributed by atoms with Crippen LogP contribution < -0.4 is 5.32 Å². The van der Waals surface area contributed by atoms with Crippen molar-refractivity contribution in [1.29, 1.82) is 0 Å². The Kier molecular flexibility index (Phi) is 5.34. The SMILES string of the molecule is CCOC(=O)C1C(=O)NC(N2CCc3ccccc3C2)=NC1c1cccc(C)c1. The summed E-state index contributed by atoms with van der Waals surface area (Å²) in [5.41, 5.74) is 4.45. The summed E-state index contributed by atoms with van der Waals surface area (Å²) in [6, 6.07) is 15.5. The number of carbonyl (C=O) groups is 2. The number of carbonyl (C=O) groups excluding carboxylic acids is 2. The van der Waals surface area contributed by atoms with Crippen LogP contribution in [0, 0.1) is 12.8 Å². The molecule has 2 unspecified atom stereocenters. The van der Waals surface area contributed by atoms with E-state index < -0.39 is 17.9 Å². The van der Waals surface area contributed by atoms with Gasteiger partial charge in [-0.2, -0.15) is 0 Å². The van der Waals surface area contributed by atoms with Gasteiger partial charge in [0.1, 0.15) is 6.04 Å². The summed E-state index contributed by atoms with van der Waals surface area (Å²) in [5.74, 6) is -1.36. The second kappa shape index (κ2) is 8.07. The molecule has 2 atom stereocenters. The number of ether oxygens (including phenoxy) is 1. The predicted molar refractivity (Wildman–Crippen MR) is 110 cm³/mol. The Morgan fingerprint density at radius 3 is 2.76 bits per heavy atom. The second-order valence-electron chi connectivity index (χ2n) is 7.47. The molecule has 0 bridgehead atoms. The zero-order valence-corrected chi connectivity index (χ0v) is 16.7. The molecule has 0 radical (unpaired) electrons. The van der Waals surface area contributed by atoms with Gasteiger partial charge in [-0.05, 0) is 37.0 Å². The van der Waals surface area contributed by atoms with Crippen molar-refractivity contribution < 1.29 is 14.3 Å². The number of nitrogens with zero attached hydrogens (tertiary/aromatic N) is 2. The van der Waals surface area contributed by atoms with Crippen LogP contribution in [0.4, 0.5) is 0 Å². The van der Waals surface area contributed by atoms with Crippen molar-refractivity contribution in [3.63, 3.8) is 0 Å². The third-order valence-electron chi connectivity index (χ3n) is 5.45. The molecule has 150 valence electrons. The van der Waals surface area contributed by atoms with Gasteiger partial charge in [0.2, 0.25) is 11.9 Å². The fraction of sp³-hybridized carbons (Fsp3) is 0.348. The number of amides is 1. The monoisotopic (exact) mass is 391 g/mol. The first-order valence-electron chi connectivity index (χ1n) is 10.0. The van der Waals surface area contributed by atoms with Gasteiger partial charge in [0, 0.05) is 13.1 Å². The normalized spacial score (nSPS) is 21.1. The highest BCUT2D eigenvalue weighted by Crippen LogP contribution is 2.32. The van der Waals surface area contributed by atoms with E-state index in [1.807, 2.05) is 43.3 Å². The van der Waals surface area contributed by atoms with Crippen molar-refractivity contribution >= 4 is 17.8 Å². The Labute approximate surface area is 170 Å². The molecule has 2 aromatic carbocycles. The van der Waals surface area contributed by atoms with Crippen LogP contribution in [0.5, 0.6) is 0 Å². The van der Waals surface area contributed by atoms with E-state index in [9.17, 15) is 9.59 Å². The lowest BCUT2D eigenvalue weighted by Gasteiger charge is -2.36. The van der Waals surface area contributed by atoms with E-state index in [0.717, 1.165) is 24.1 Å². The molecule has 0 saturated heterocycles. The summed E-state index contributed by atoms with van der Waals surface area (Å²) in [5, 5.41) is 2.86. The van der Waals surface area contributed by atoms with Crippen LogP contribution >= 0.6 is 0 Å². The number of aryl methyl sites for hydroxylation is 1. The summed E-state index contributed by atoms with van der Waals surface area (Å²) >= 11 is 0. The zero-order chi connectivity index (χ0) is 20.4. The lowest BCUT2D eigenvalue weighted by Crippen LogP contribution is -2.53. The minimum absolute atomic E-state index is 0.225. The number of rotatable bonds is 3. The number of hydrogen-bond donors (Lipinski definition) is 1. The molecule has 2 aromatic rings. The summed E-state index contributed by atoms with van der Waals surface area (Å²) in [6.07, 6.45) is 0.890. The fourth-order valence-corrected chi connectivity index (χ4v) is 4.00. The summed E-state index contributed by atoms with van der Waals surface area (Å²) in [6.45, 7) is 5.39. The molecular formula is C23H25N3O3. The van der Waals surface area contributed by atoms with Crippen molar-refractivity contribution in [3.05, 3.63) is 70.8 Å². The average molecular weight is 391 g/mol. The van der Waals surface area contributed by atoms with Crippen molar-refractivity contribution in [2.24, 2.45) is 10.9 Å². The first-order chi connectivity index (χ1) is 14.1. The molecule has 2 heterocycles. The number of nitrogens with one attached hydrogen (secondary N) is 1. The quantitative estimate of drug-likeness (QED) is 0.645. The van der Waals surface area contributed by atoms with E-state index in [1.165, 1.54) is 11.1 Å². The van der Waals surface area contributed by atoms with E-state index in [2.05, 4.69) is 22.3 Å². The van der Waals surface area contributed by atoms with E-state index in [1.54, 1.807) is 6.92 Å². The fourth-order valence-electron chi connectivity index (χ4n) is 4.00. The average Bonchev–Trinajstić information content (AvgIpc) is 2.73. The van der Waals surface area contributed by atoms with Crippen molar-refractivity contribution in [2.45, 2.75) is 32.9 Å². The number of benzene rings is 2. The van der Waals surface area contributed by atoms with Gasteiger partial charge in [-0.25, -0.2) is 4.99 Å². The van der Waals surface area contributed by atoms with Crippen molar-refractivity contribution in [2.75, 3.05) is 13.2 Å². The van der Waals surface area contributed by atoms with E-state index in [0.29, 0.717) is 12.5 Å². The summed E-state index contributed by atoms with van der Waals surface area (Å²) < 4.78 is 5.18. The first-order valence-corrected chi connectivity index (χ1v) is 10.0. The summed E-state index contributed by atoms with van der Waals surface area (Å²) in [4.78, 5) is 32.4. The molecule has 2 aliphatic heterocycles. The van der Waals surface area contributed by atoms with Gasteiger partial charge in [0.25, 0.3) is 0 Å². The van der Waals surface area contributed by atoms with Crippen LogP contribution in [0.1, 0.15) is 35.2 Å². The minimum atomic E-state index is -0.988. The molecule has 6 nitrogen and oxygen atoms in total.